The number of nitrogens with zero attached hydrogens (tertiary/aromatic N) is 3. The summed E-state index contributed by atoms with van der Waals surface area (Å²) >= 11 is 4.92. The number of hydrogen-bond donors (Lipinski definition) is 1. The summed E-state index contributed by atoms with van der Waals surface area (Å²) in [6.45, 7) is 3.45. The molecule has 1 aromatic carbocycles. The number of benzene rings is 1. The molecule has 0 atom stereocenters. The van der Waals surface area contributed by atoms with Crippen molar-refractivity contribution in [2.24, 2.45) is 4.99 Å². The van der Waals surface area contributed by atoms with Crippen molar-refractivity contribution in [2.75, 3.05) is 20.6 Å². The van der Waals surface area contributed by atoms with E-state index in [9.17, 15) is 4.39 Å². The Bertz CT molecular complexity index is 708. The molecule has 8 heteroatoms. The minimum atomic E-state index is -0.162. The summed E-state index contributed by atoms with van der Waals surface area (Å²) in [6.07, 6.45) is 1.53. The molecule has 0 saturated heterocycles. The number of halogens is 3. The minimum absolute atomic E-state index is 0. The van der Waals surface area contributed by atoms with Gasteiger partial charge in [0.2, 0.25) is 0 Å². The summed E-state index contributed by atoms with van der Waals surface area (Å²) in [5.41, 5.74) is 1.78. The Hall–Kier alpha value is -0.740. The van der Waals surface area contributed by atoms with Crippen molar-refractivity contribution in [3.63, 3.8) is 0 Å². The van der Waals surface area contributed by atoms with Crippen LogP contribution in [-0.2, 0) is 13.0 Å². The van der Waals surface area contributed by atoms with E-state index in [2.05, 4.69) is 36.6 Å². The summed E-state index contributed by atoms with van der Waals surface area (Å²) in [6, 6.07) is 5.20. The molecule has 1 aromatic heterocycles. The summed E-state index contributed by atoms with van der Waals surface area (Å²) in [5, 5.41) is 6.45. The number of aliphatic imine (C=N–C) groups is 1. The van der Waals surface area contributed by atoms with Crippen molar-refractivity contribution in [3.8, 4) is 0 Å². The molecule has 25 heavy (non-hydrogen) atoms. The zero-order chi connectivity index (χ0) is 17.5. The molecule has 4 nitrogen and oxygen atoms in total. The largest absolute Gasteiger partial charge is 0.356 e. The van der Waals surface area contributed by atoms with Gasteiger partial charge >= 0.3 is 0 Å². The molecule has 0 radical (unpaired) electrons. The van der Waals surface area contributed by atoms with E-state index in [4.69, 9.17) is 0 Å². The number of hydrogen-bond acceptors (Lipinski definition) is 3. The second-order valence-corrected chi connectivity index (χ2v) is 7.51. The van der Waals surface area contributed by atoms with E-state index in [1.807, 2.05) is 31.0 Å². The van der Waals surface area contributed by atoms with Crippen molar-refractivity contribution in [1.82, 2.24) is 15.2 Å². The van der Waals surface area contributed by atoms with Gasteiger partial charge in [-0.3, -0.25) is 4.99 Å². The van der Waals surface area contributed by atoms with E-state index in [0.717, 1.165) is 39.7 Å². The third-order valence-electron chi connectivity index (χ3n) is 3.56. The van der Waals surface area contributed by atoms with E-state index < -0.39 is 0 Å². The van der Waals surface area contributed by atoms with Crippen molar-refractivity contribution in [2.45, 2.75) is 26.3 Å². The lowest BCUT2D eigenvalue weighted by Gasteiger charge is -2.21. The highest BCUT2D eigenvalue weighted by Crippen LogP contribution is 2.16. The Morgan fingerprint density at radius 2 is 2.20 bits per heavy atom. The van der Waals surface area contributed by atoms with Crippen molar-refractivity contribution in [3.05, 3.63) is 50.1 Å². The fourth-order valence-electron chi connectivity index (χ4n) is 2.39. The van der Waals surface area contributed by atoms with Gasteiger partial charge in [0.15, 0.2) is 5.96 Å². The van der Waals surface area contributed by atoms with Gasteiger partial charge in [0.05, 0.1) is 17.2 Å². The second kappa shape index (κ2) is 11.1. The van der Waals surface area contributed by atoms with E-state index in [-0.39, 0.29) is 29.8 Å². The molecule has 0 aliphatic rings. The molecule has 138 valence electrons. The van der Waals surface area contributed by atoms with Crippen LogP contribution in [0.2, 0.25) is 0 Å². The number of aryl methyl sites for hydroxylation is 2. The smallest absolute Gasteiger partial charge is 0.193 e. The monoisotopic (exact) mass is 540 g/mol. The maximum atomic E-state index is 13.8. The van der Waals surface area contributed by atoms with Crippen LogP contribution < -0.4 is 5.32 Å². The van der Waals surface area contributed by atoms with Gasteiger partial charge in [-0.15, -0.1) is 35.3 Å². The predicted molar refractivity (Wildman–Crippen MR) is 118 cm³/mol. The fourth-order valence-corrected chi connectivity index (χ4v) is 3.32. The van der Waals surface area contributed by atoms with E-state index >= 15 is 0 Å². The lowest BCUT2D eigenvalue weighted by molar-refractivity contribution is 0.469. The first-order valence-corrected chi connectivity index (χ1v) is 9.43. The molecule has 0 spiro atoms. The molecule has 0 fully saturated rings. The van der Waals surface area contributed by atoms with E-state index in [0.29, 0.717) is 13.0 Å². The molecule has 0 bridgehead atoms. The van der Waals surface area contributed by atoms with Crippen molar-refractivity contribution >= 4 is 57.2 Å². The molecular weight excluding hydrogens is 518 g/mol. The number of guanidine groups is 1. The number of rotatable bonds is 6. The summed E-state index contributed by atoms with van der Waals surface area (Å²) in [5.74, 6) is 0.654. The molecule has 0 aliphatic heterocycles. The Labute approximate surface area is 178 Å². The third kappa shape index (κ3) is 7.18. The lowest BCUT2D eigenvalue weighted by atomic mass is 10.1. The first-order valence-electron chi connectivity index (χ1n) is 7.76. The summed E-state index contributed by atoms with van der Waals surface area (Å²) < 4.78 is 14.6. The summed E-state index contributed by atoms with van der Waals surface area (Å²) in [7, 11) is 3.75. The number of thiazole rings is 1. The topological polar surface area (TPSA) is 40.5 Å². The Morgan fingerprint density at radius 1 is 1.44 bits per heavy atom. The van der Waals surface area contributed by atoms with Gasteiger partial charge in [-0.2, -0.15) is 0 Å². The number of aromatic nitrogens is 1. The van der Waals surface area contributed by atoms with Gasteiger partial charge < -0.3 is 10.2 Å². The van der Waals surface area contributed by atoms with Crippen LogP contribution >= 0.6 is 51.2 Å². The van der Waals surface area contributed by atoms with Crippen LogP contribution in [0.3, 0.4) is 0 Å². The molecule has 0 aliphatic carbocycles. The van der Waals surface area contributed by atoms with Gasteiger partial charge in [0.25, 0.3) is 0 Å². The van der Waals surface area contributed by atoms with E-state index in [1.54, 1.807) is 18.4 Å². The van der Waals surface area contributed by atoms with Crippen LogP contribution in [-0.4, -0.2) is 36.5 Å². The molecule has 2 aromatic rings. The molecule has 0 amide bonds. The first kappa shape index (κ1) is 22.3. The zero-order valence-corrected chi connectivity index (χ0v) is 19.3. The van der Waals surface area contributed by atoms with Gasteiger partial charge in [0, 0.05) is 30.5 Å². The fraction of sp³-hybridized carbons (Fsp3) is 0.412. The molecular formula is C17H23BrFIN4S. The van der Waals surface area contributed by atoms with Crippen LogP contribution in [0.1, 0.15) is 22.7 Å². The molecule has 1 heterocycles. The standard InChI is InChI=1S/C17H22BrFN4S.HI/c1-12-22-15(11-24-12)10-23(3)17(20-2)21-8-4-5-13-6-7-14(18)9-16(13)19;/h6-7,9,11H,4-5,8,10H2,1-3H3,(H,20,21);1H. The highest BCUT2D eigenvalue weighted by Gasteiger charge is 2.08. The third-order valence-corrected chi connectivity index (χ3v) is 4.88. The SMILES string of the molecule is CN=C(NCCCc1ccc(Br)cc1F)N(C)Cc1csc(C)n1.I. The Morgan fingerprint density at radius 3 is 2.80 bits per heavy atom. The first-order chi connectivity index (χ1) is 11.5. The molecule has 2 rings (SSSR count). The maximum absolute atomic E-state index is 13.8. The van der Waals surface area contributed by atoms with Gasteiger partial charge in [-0.25, -0.2) is 9.37 Å². The molecule has 0 saturated carbocycles. The minimum Gasteiger partial charge on any atom is -0.356 e. The van der Waals surface area contributed by atoms with Gasteiger partial charge in [0.1, 0.15) is 5.82 Å². The maximum Gasteiger partial charge on any atom is 0.193 e. The zero-order valence-electron chi connectivity index (χ0n) is 14.6. The second-order valence-electron chi connectivity index (χ2n) is 5.53. The van der Waals surface area contributed by atoms with Gasteiger partial charge in [-0.1, -0.05) is 22.0 Å². The lowest BCUT2D eigenvalue weighted by Crippen LogP contribution is -2.39. The van der Waals surface area contributed by atoms with Crippen LogP contribution in [0.25, 0.3) is 0 Å². The quantitative estimate of drug-likeness (QED) is 0.252. The van der Waals surface area contributed by atoms with E-state index in [1.165, 1.54) is 6.07 Å². The van der Waals surface area contributed by atoms with Crippen molar-refractivity contribution < 1.29 is 4.39 Å². The van der Waals surface area contributed by atoms with Crippen molar-refractivity contribution in [1.29, 1.82) is 0 Å². The highest BCUT2D eigenvalue weighted by molar-refractivity contribution is 14.0. The average molecular weight is 541 g/mol. The molecule has 1 N–H and O–H groups in total. The van der Waals surface area contributed by atoms with Crippen LogP contribution in [0.15, 0.2) is 33.0 Å². The Balaban J connectivity index is 0.00000312. The van der Waals surface area contributed by atoms with Crippen LogP contribution in [0, 0.1) is 12.7 Å². The average Bonchev–Trinajstić information content (AvgIpc) is 2.94. The Kier molecular flexibility index (Phi) is 9.88. The number of nitrogens with one attached hydrogen (secondary N) is 1. The van der Waals surface area contributed by atoms with Crippen LogP contribution in [0.4, 0.5) is 4.39 Å². The van der Waals surface area contributed by atoms with Gasteiger partial charge in [-0.05, 0) is 37.5 Å². The highest BCUT2D eigenvalue weighted by atomic mass is 127. The predicted octanol–water partition coefficient (Wildman–Crippen LogP) is 4.61. The van der Waals surface area contributed by atoms with Crippen LogP contribution in [0.5, 0.6) is 0 Å². The summed E-state index contributed by atoms with van der Waals surface area (Å²) in [4.78, 5) is 10.8. The molecule has 0 unspecified atom stereocenters. The normalized spacial score (nSPS) is 11.2.